The molecule has 0 amide bonds. The summed E-state index contributed by atoms with van der Waals surface area (Å²) in [7, 11) is 0. The summed E-state index contributed by atoms with van der Waals surface area (Å²) < 4.78 is 5.92. The summed E-state index contributed by atoms with van der Waals surface area (Å²) in [5.74, 6) is 1.28. The van der Waals surface area contributed by atoms with Crippen molar-refractivity contribution in [3.05, 3.63) is 59.4 Å². The summed E-state index contributed by atoms with van der Waals surface area (Å²) >= 11 is 0. The van der Waals surface area contributed by atoms with Crippen LogP contribution < -0.4 is 4.74 Å². The Morgan fingerprint density at radius 2 is 1.32 bits per heavy atom. The van der Waals surface area contributed by atoms with Crippen molar-refractivity contribution in [2.45, 2.75) is 110 Å². The Labute approximate surface area is 191 Å². The van der Waals surface area contributed by atoms with Gasteiger partial charge in [-0.2, -0.15) is 0 Å². The summed E-state index contributed by atoms with van der Waals surface area (Å²) in [5.41, 5.74) is 3.81. The standard InChI is InChI=1S/C29H45NO/c1-4-6-8-10-12-14-16-26-17-22-29(30-24-26)25(3)27-18-20-28(21-19-27)31-23-15-13-11-9-7-5-2/h17-22,24-25H,4-16,23H2,1-3H3. The number of rotatable bonds is 17. The number of hydrogen-bond donors (Lipinski definition) is 0. The van der Waals surface area contributed by atoms with Gasteiger partial charge in [-0.1, -0.05) is 103 Å². The molecular formula is C29H45NO. The van der Waals surface area contributed by atoms with E-state index in [-0.39, 0.29) is 0 Å². The smallest absolute Gasteiger partial charge is 0.119 e. The first-order chi connectivity index (χ1) is 15.2. The molecule has 1 aromatic heterocycles. The highest BCUT2D eigenvalue weighted by molar-refractivity contribution is 5.33. The van der Waals surface area contributed by atoms with E-state index in [1.165, 1.54) is 81.8 Å². The molecule has 2 rings (SSSR count). The van der Waals surface area contributed by atoms with Gasteiger partial charge in [-0.05, 0) is 48.6 Å². The van der Waals surface area contributed by atoms with Crippen LogP contribution in [0.5, 0.6) is 5.75 Å². The number of unbranched alkanes of at least 4 members (excludes halogenated alkanes) is 10. The van der Waals surface area contributed by atoms with Gasteiger partial charge in [0.1, 0.15) is 5.75 Å². The van der Waals surface area contributed by atoms with Crippen LogP contribution in [0.1, 0.15) is 121 Å². The fourth-order valence-corrected chi connectivity index (χ4v) is 4.05. The lowest BCUT2D eigenvalue weighted by atomic mass is 9.96. The number of aryl methyl sites for hydroxylation is 1. The molecule has 0 saturated heterocycles. The van der Waals surface area contributed by atoms with Crippen LogP contribution in [-0.4, -0.2) is 11.6 Å². The molecule has 1 heterocycles. The minimum atomic E-state index is 0.302. The molecule has 0 N–H and O–H groups in total. The van der Waals surface area contributed by atoms with Crippen molar-refractivity contribution in [1.29, 1.82) is 0 Å². The van der Waals surface area contributed by atoms with Gasteiger partial charge in [0.25, 0.3) is 0 Å². The highest BCUT2D eigenvalue weighted by atomic mass is 16.5. The summed E-state index contributed by atoms with van der Waals surface area (Å²) in [6, 6.07) is 13.1. The van der Waals surface area contributed by atoms with E-state index in [9.17, 15) is 0 Å². The zero-order chi connectivity index (χ0) is 22.2. The Hall–Kier alpha value is -1.83. The van der Waals surface area contributed by atoms with Crippen LogP contribution in [0, 0.1) is 0 Å². The van der Waals surface area contributed by atoms with E-state index in [0.717, 1.165) is 30.9 Å². The second-order valence-corrected chi connectivity index (χ2v) is 9.02. The minimum absolute atomic E-state index is 0.302. The van der Waals surface area contributed by atoms with Gasteiger partial charge in [0.15, 0.2) is 0 Å². The van der Waals surface area contributed by atoms with Crippen molar-refractivity contribution in [3.8, 4) is 5.75 Å². The third kappa shape index (κ3) is 10.4. The number of benzene rings is 1. The predicted molar refractivity (Wildman–Crippen MR) is 134 cm³/mol. The molecule has 172 valence electrons. The zero-order valence-corrected chi connectivity index (χ0v) is 20.4. The Balaban J connectivity index is 1.71. The van der Waals surface area contributed by atoms with Gasteiger partial charge >= 0.3 is 0 Å². The first kappa shape index (κ1) is 25.4. The van der Waals surface area contributed by atoms with Gasteiger partial charge in [0, 0.05) is 17.8 Å². The molecule has 1 atom stereocenters. The highest BCUT2D eigenvalue weighted by Crippen LogP contribution is 2.25. The first-order valence-corrected chi connectivity index (χ1v) is 12.9. The number of ether oxygens (including phenoxy) is 1. The summed E-state index contributed by atoms with van der Waals surface area (Å²) in [6.07, 6.45) is 19.1. The van der Waals surface area contributed by atoms with Crippen molar-refractivity contribution < 1.29 is 4.74 Å². The maximum atomic E-state index is 5.92. The molecule has 2 heteroatoms. The van der Waals surface area contributed by atoms with Crippen LogP contribution in [0.2, 0.25) is 0 Å². The Morgan fingerprint density at radius 1 is 0.710 bits per heavy atom. The van der Waals surface area contributed by atoms with E-state index < -0.39 is 0 Å². The molecule has 2 nitrogen and oxygen atoms in total. The van der Waals surface area contributed by atoms with E-state index in [2.05, 4.69) is 63.4 Å². The topological polar surface area (TPSA) is 22.1 Å². The van der Waals surface area contributed by atoms with Crippen LogP contribution in [-0.2, 0) is 6.42 Å². The average molecular weight is 424 g/mol. The molecule has 31 heavy (non-hydrogen) atoms. The SMILES string of the molecule is CCCCCCCCOc1ccc(C(C)c2ccc(CCCCCCCC)cn2)cc1. The Morgan fingerprint density at radius 3 is 1.94 bits per heavy atom. The van der Waals surface area contributed by atoms with Gasteiger partial charge in [-0.25, -0.2) is 0 Å². The van der Waals surface area contributed by atoms with Crippen LogP contribution in [0.15, 0.2) is 42.6 Å². The molecule has 2 aromatic rings. The van der Waals surface area contributed by atoms with Crippen LogP contribution in [0.25, 0.3) is 0 Å². The maximum absolute atomic E-state index is 5.92. The second kappa shape index (κ2) is 15.9. The molecule has 0 saturated carbocycles. The van der Waals surface area contributed by atoms with Crippen molar-refractivity contribution >= 4 is 0 Å². The average Bonchev–Trinajstić information content (AvgIpc) is 2.81. The molecule has 0 bridgehead atoms. The first-order valence-electron chi connectivity index (χ1n) is 12.9. The summed E-state index contributed by atoms with van der Waals surface area (Å²) in [4.78, 5) is 4.77. The Bertz CT molecular complexity index is 677. The normalized spacial score (nSPS) is 12.1. The fourth-order valence-electron chi connectivity index (χ4n) is 4.05. The van der Waals surface area contributed by atoms with Crippen molar-refractivity contribution in [2.75, 3.05) is 6.61 Å². The third-order valence-electron chi connectivity index (χ3n) is 6.26. The van der Waals surface area contributed by atoms with E-state index in [1.54, 1.807) is 0 Å². The third-order valence-corrected chi connectivity index (χ3v) is 6.26. The summed E-state index contributed by atoms with van der Waals surface area (Å²) in [5, 5.41) is 0. The van der Waals surface area contributed by atoms with E-state index >= 15 is 0 Å². The summed E-state index contributed by atoms with van der Waals surface area (Å²) in [6.45, 7) is 7.59. The lowest BCUT2D eigenvalue weighted by Gasteiger charge is -2.13. The van der Waals surface area contributed by atoms with Crippen LogP contribution in [0.4, 0.5) is 0 Å². The molecule has 0 aliphatic rings. The second-order valence-electron chi connectivity index (χ2n) is 9.02. The van der Waals surface area contributed by atoms with Gasteiger partial charge < -0.3 is 4.74 Å². The molecule has 1 aromatic carbocycles. The predicted octanol–water partition coefficient (Wildman–Crippen LogP) is 8.88. The number of nitrogens with zero attached hydrogens (tertiary/aromatic N) is 1. The minimum Gasteiger partial charge on any atom is -0.494 e. The van der Waals surface area contributed by atoms with E-state index in [1.807, 2.05) is 0 Å². The van der Waals surface area contributed by atoms with E-state index in [4.69, 9.17) is 9.72 Å². The Kier molecular flexibility index (Phi) is 13.0. The molecular weight excluding hydrogens is 378 g/mol. The molecule has 0 spiro atoms. The fraction of sp³-hybridized carbons (Fsp3) is 0.621. The quantitative estimate of drug-likeness (QED) is 0.237. The molecule has 0 aliphatic carbocycles. The highest BCUT2D eigenvalue weighted by Gasteiger charge is 2.10. The van der Waals surface area contributed by atoms with Crippen molar-refractivity contribution in [3.63, 3.8) is 0 Å². The van der Waals surface area contributed by atoms with Gasteiger partial charge in [-0.3, -0.25) is 4.98 Å². The number of pyridine rings is 1. The van der Waals surface area contributed by atoms with E-state index in [0.29, 0.717) is 5.92 Å². The molecule has 1 unspecified atom stereocenters. The largest absolute Gasteiger partial charge is 0.494 e. The molecule has 0 radical (unpaired) electrons. The maximum Gasteiger partial charge on any atom is 0.119 e. The van der Waals surface area contributed by atoms with Crippen LogP contribution >= 0.6 is 0 Å². The van der Waals surface area contributed by atoms with Crippen molar-refractivity contribution in [1.82, 2.24) is 4.98 Å². The van der Waals surface area contributed by atoms with Crippen LogP contribution in [0.3, 0.4) is 0 Å². The lowest BCUT2D eigenvalue weighted by molar-refractivity contribution is 0.304. The monoisotopic (exact) mass is 423 g/mol. The van der Waals surface area contributed by atoms with Gasteiger partial charge in [-0.15, -0.1) is 0 Å². The number of hydrogen-bond acceptors (Lipinski definition) is 2. The molecule has 0 fully saturated rings. The van der Waals surface area contributed by atoms with Gasteiger partial charge in [0.2, 0.25) is 0 Å². The number of aromatic nitrogens is 1. The lowest BCUT2D eigenvalue weighted by Crippen LogP contribution is -2.01. The zero-order valence-electron chi connectivity index (χ0n) is 20.4. The van der Waals surface area contributed by atoms with Crippen molar-refractivity contribution in [2.24, 2.45) is 0 Å². The molecule has 0 aliphatic heterocycles. The van der Waals surface area contributed by atoms with Gasteiger partial charge in [0.05, 0.1) is 6.61 Å².